The van der Waals surface area contributed by atoms with Gasteiger partial charge in [0.1, 0.15) is 6.04 Å². The Balaban J connectivity index is 1.29. The number of carbonyl (C=O) groups excluding carboxylic acids is 2. The molecule has 6 unspecified atom stereocenters. The van der Waals surface area contributed by atoms with E-state index in [1.165, 1.54) is 6.26 Å². The van der Waals surface area contributed by atoms with E-state index in [-0.39, 0.29) is 41.9 Å². The fourth-order valence-corrected chi connectivity index (χ4v) is 5.63. The van der Waals surface area contributed by atoms with Gasteiger partial charge in [0.05, 0.1) is 18.4 Å². The topological polar surface area (TPSA) is 104 Å². The lowest BCUT2D eigenvalue weighted by Gasteiger charge is -2.41. The number of fused-ring (bicyclic) bond motifs is 3. The van der Waals surface area contributed by atoms with E-state index in [1.807, 2.05) is 4.90 Å². The second-order valence-corrected chi connectivity index (χ2v) is 8.52. The van der Waals surface area contributed by atoms with Crippen LogP contribution in [0.2, 0.25) is 0 Å². The third-order valence-corrected chi connectivity index (χ3v) is 7.04. The quantitative estimate of drug-likeness (QED) is 0.871. The first-order chi connectivity index (χ1) is 13.1. The van der Waals surface area contributed by atoms with Gasteiger partial charge in [-0.25, -0.2) is 0 Å². The van der Waals surface area contributed by atoms with Crippen molar-refractivity contribution in [2.75, 3.05) is 0 Å². The van der Waals surface area contributed by atoms with Gasteiger partial charge < -0.3 is 20.0 Å². The molecule has 1 aliphatic carbocycles. The molecule has 27 heavy (non-hydrogen) atoms. The van der Waals surface area contributed by atoms with Crippen LogP contribution < -0.4 is 5.73 Å². The first kappa shape index (κ1) is 16.8. The van der Waals surface area contributed by atoms with Gasteiger partial charge in [-0.2, -0.15) is 5.26 Å². The predicted octanol–water partition coefficient (Wildman–Crippen LogP) is 1.50. The van der Waals surface area contributed by atoms with E-state index in [1.54, 1.807) is 17.0 Å². The number of amides is 2. The number of piperidine rings is 2. The Hall–Kier alpha value is -2.33. The van der Waals surface area contributed by atoms with E-state index < -0.39 is 6.04 Å². The molecule has 3 aliphatic heterocycles. The van der Waals surface area contributed by atoms with E-state index in [2.05, 4.69) is 6.07 Å². The largest absolute Gasteiger partial charge is 0.459 e. The van der Waals surface area contributed by atoms with Gasteiger partial charge in [-0.15, -0.1) is 0 Å². The van der Waals surface area contributed by atoms with E-state index in [0.717, 1.165) is 38.5 Å². The van der Waals surface area contributed by atoms with Gasteiger partial charge in [-0.3, -0.25) is 9.59 Å². The fourth-order valence-electron chi connectivity index (χ4n) is 5.63. The van der Waals surface area contributed by atoms with Gasteiger partial charge in [0.25, 0.3) is 5.91 Å². The van der Waals surface area contributed by atoms with Crippen molar-refractivity contribution in [3.8, 4) is 6.07 Å². The maximum Gasteiger partial charge on any atom is 0.290 e. The van der Waals surface area contributed by atoms with Crippen molar-refractivity contribution < 1.29 is 14.0 Å². The first-order valence-corrected chi connectivity index (χ1v) is 9.92. The molecule has 4 heterocycles. The van der Waals surface area contributed by atoms with Crippen LogP contribution in [0.5, 0.6) is 0 Å². The van der Waals surface area contributed by atoms with Crippen LogP contribution in [0.4, 0.5) is 0 Å². The van der Waals surface area contributed by atoms with Crippen molar-refractivity contribution in [3.05, 3.63) is 24.2 Å². The van der Waals surface area contributed by atoms with Gasteiger partial charge in [0.2, 0.25) is 5.91 Å². The Bertz CT molecular complexity index is 787. The second-order valence-electron chi connectivity index (χ2n) is 8.52. The number of hydrogen-bond acceptors (Lipinski definition) is 5. The number of hydrogen-bond donors (Lipinski definition) is 1. The van der Waals surface area contributed by atoms with Crippen LogP contribution >= 0.6 is 0 Å². The number of nitriles is 1. The Labute approximate surface area is 158 Å². The molecule has 1 saturated carbocycles. The highest BCUT2D eigenvalue weighted by Crippen LogP contribution is 2.48. The lowest BCUT2D eigenvalue weighted by Crippen LogP contribution is -2.55. The van der Waals surface area contributed by atoms with Crippen molar-refractivity contribution in [3.63, 3.8) is 0 Å². The molecule has 142 valence electrons. The number of nitrogens with zero attached hydrogens (tertiary/aromatic N) is 3. The van der Waals surface area contributed by atoms with Gasteiger partial charge >= 0.3 is 0 Å². The summed E-state index contributed by atoms with van der Waals surface area (Å²) in [6, 6.07) is 5.25. The predicted molar refractivity (Wildman–Crippen MR) is 95.1 cm³/mol. The molecule has 5 rings (SSSR count). The lowest BCUT2D eigenvalue weighted by atomic mass is 9.84. The summed E-state index contributed by atoms with van der Waals surface area (Å²) in [5.74, 6) is 0.805. The fraction of sp³-hybridized carbons (Fsp3) is 0.650. The Morgan fingerprint density at radius 2 is 1.93 bits per heavy atom. The molecule has 2 N–H and O–H groups in total. The number of carbonyl (C=O) groups is 2. The minimum atomic E-state index is -0.579. The Kier molecular flexibility index (Phi) is 3.80. The van der Waals surface area contributed by atoms with Crippen molar-refractivity contribution >= 4 is 11.8 Å². The molecule has 6 atom stereocenters. The summed E-state index contributed by atoms with van der Waals surface area (Å²) in [5.41, 5.74) is 6.42. The minimum absolute atomic E-state index is 0.0595. The monoisotopic (exact) mass is 368 g/mol. The van der Waals surface area contributed by atoms with Crippen LogP contribution in [0.15, 0.2) is 22.8 Å². The molecular formula is C20H24N4O3. The summed E-state index contributed by atoms with van der Waals surface area (Å²) in [4.78, 5) is 29.5. The summed E-state index contributed by atoms with van der Waals surface area (Å²) < 4.78 is 5.29. The lowest BCUT2D eigenvalue weighted by molar-refractivity contribution is -0.135. The van der Waals surface area contributed by atoms with Gasteiger partial charge in [-0.05, 0) is 62.5 Å². The van der Waals surface area contributed by atoms with Crippen molar-refractivity contribution in [1.82, 2.24) is 9.80 Å². The van der Waals surface area contributed by atoms with Crippen molar-refractivity contribution in [2.45, 2.75) is 68.7 Å². The number of furan rings is 1. The summed E-state index contributed by atoms with van der Waals surface area (Å²) in [7, 11) is 0. The Morgan fingerprint density at radius 1 is 1.19 bits per heavy atom. The molecule has 0 aromatic carbocycles. The highest BCUT2D eigenvalue weighted by Gasteiger charge is 2.56. The molecule has 2 amide bonds. The van der Waals surface area contributed by atoms with Crippen molar-refractivity contribution in [2.24, 2.45) is 17.6 Å². The molecule has 4 fully saturated rings. The second kappa shape index (κ2) is 6.10. The number of nitrogens with two attached hydrogens (primary N) is 1. The zero-order valence-corrected chi connectivity index (χ0v) is 15.2. The smallest absolute Gasteiger partial charge is 0.290 e. The SMILES string of the molecule is N#CC1CC2CC2N1C(=O)C(N)C1CC2CCC(C1)N2C(=O)c1ccco1. The zero-order chi connectivity index (χ0) is 18.7. The molecule has 4 aliphatic rings. The molecular weight excluding hydrogens is 344 g/mol. The molecule has 7 heteroatoms. The molecule has 1 aromatic heterocycles. The zero-order valence-electron chi connectivity index (χ0n) is 15.2. The van der Waals surface area contributed by atoms with Crippen LogP contribution in [0.3, 0.4) is 0 Å². The normalized spacial score (nSPS) is 37.6. The maximum absolute atomic E-state index is 13.0. The number of likely N-dealkylation sites (tertiary alicyclic amines) is 1. The first-order valence-electron chi connectivity index (χ1n) is 9.92. The highest BCUT2D eigenvalue weighted by atomic mass is 16.3. The van der Waals surface area contributed by atoms with E-state index in [0.29, 0.717) is 11.7 Å². The minimum Gasteiger partial charge on any atom is -0.459 e. The van der Waals surface area contributed by atoms with Gasteiger partial charge in [-0.1, -0.05) is 0 Å². The summed E-state index contributed by atoms with van der Waals surface area (Å²) >= 11 is 0. The van der Waals surface area contributed by atoms with Crippen LogP contribution in [0.25, 0.3) is 0 Å². The molecule has 0 spiro atoms. The van der Waals surface area contributed by atoms with E-state index in [4.69, 9.17) is 10.2 Å². The molecule has 1 aromatic rings. The van der Waals surface area contributed by atoms with Crippen LogP contribution in [-0.4, -0.2) is 51.8 Å². The van der Waals surface area contributed by atoms with E-state index >= 15 is 0 Å². The van der Waals surface area contributed by atoms with E-state index in [9.17, 15) is 14.9 Å². The third-order valence-electron chi connectivity index (χ3n) is 7.04. The van der Waals surface area contributed by atoms with Crippen LogP contribution in [-0.2, 0) is 4.79 Å². The van der Waals surface area contributed by atoms with Crippen molar-refractivity contribution in [1.29, 1.82) is 5.26 Å². The summed E-state index contributed by atoms with van der Waals surface area (Å²) in [5, 5.41) is 9.36. The van der Waals surface area contributed by atoms with Gasteiger partial charge in [0, 0.05) is 18.1 Å². The summed E-state index contributed by atoms with van der Waals surface area (Å²) in [6.45, 7) is 0. The van der Waals surface area contributed by atoms with Crippen LogP contribution in [0, 0.1) is 23.2 Å². The molecule has 3 saturated heterocycles. The maximum atomic E-state index is 13.0. The highest BCUT2D eigenvalue weighted by molar-refractivity contribution is 5.92. The third kappa shape index (κ3) is 2.58. The standard InChI is InChI=1S/C20H24N4O3/c21-10-15-6-11-9-16(11)24(15)20(26)18(22)12-7-13-3-4-14(8-12)23(13)19(25)17-2-1-5-27-17/h1-2,5,11-16,18H,3-4,6-9,22H2. The average Bonchev–Trinajstić information content (AvgIpc) is 3.03. The number of rotatable bonds is 3. The van der Waals surface area contributed by atoms with Crippen LogP contribution in [0.1, 0.15) is 49.1 Å². The molecule has 0 radical (unpaired) electrons. The summed E-state index contributed by atoms with van der Waals surface area (Å²) in [6.07, 6.45) is 6.71. The van der Waals surface area contributed by atoms with Gasteiger partial charge in [0.15, 0.2) is 5.76 Å². The molecule has 2 bridgehead atoms. The Morgan fingerprint density at radius 3 is 2.56 bits per heavy atom. The average molecular weight is 368 g/mol. The molecule has 7 nitrogen and oxygen atoms in total.